The second-order valence-electron chi connectivity index (χ2n) is 5.58. The molecule has 1 aromatic carbocycles. The lowest BCUT2D eigenvalue weighted by atomic mass is 10.1. The van der Waals surface area contributed by atoms with Crippen molar-refractivity contribution in [2.75, 3.05) is 5.32 Å². The molecule has 1 heterocycles. The van der Waals surface area contributed by atoms with E-state index in [2.05, 4.69) is 35.5 Å². The van der Waals surface area contributed by atoms with Crippen LogP contribution in [0.25, 0.3) is 0 Å². The van der Waals surface area contributed by atoms with Crippen molar-refractivity contribution in [3.63, 3.8) is 0 Å². The monoisotopic (exact) mass is 281 g/mol. The lowest BCUT2D eigenvalue weighted by Gasteiger charge is -2.12. The van der Waals surface area contributed by atoms with Gasteiger partial charge in [0.15, 0.2) is 0 Å². The fraction of sp³-hybridized carbons (Fsp3) is 0.294. The fourth-order valence-electron chi connectivity index (χ4n) is 2.17. The molecule has 0 bridgehead atoms. The van der Waals surface area contributed by atoms with Crippen LogP contribution >= 0.6 is 0 Å². The Morgan fingerprint density at radius 1 is 1.24 bits per heavy atom. The van der Waals surface area contributed by atoms with Gasteiger partial charge >= 0.3 is 0 Å². The minimum absolute atomic E-state index is 0.0467. The molecule has 0 atom stereocenters. The van der Waals surface area contributed by atoms with Crippen molar-refractivity contribution in [1.82, 2.24) is 10.3 Å². The van der Waals surface area contributed by atoms with E-state index >= 15 is 0 Å². The number of hydrogen-bond donors (Lipinski definition) is 2. The lowest BCUT2D eigenvalue weighted by molar-refractivity contribution is 0.0951. The molecular formula is C17H19N3O. The van der Waals surface area contributed by atoms with E-state index in [9.17, 15) is 4.79 Å². The molecule has 4 nitrogen and oxygen atoms in total. The predicted molar refractivity (Wildman–Crippen MR) is 83.9 cm³/mol. The topological polar surface area (TPSA) is 54.0 Å². The second-order valence-corrected chi connectivity index (χ2v) is 5.58. The van der Waals surface area contributed by atoms with Gasteiger partial charge in [-0.1, -0.05) is 12.1 Å². The van der Waals surface area contributed by atoms with Gasteiger partial charge in [-0.2, -0.15) is 0 Å². The first kappa shape index (κ1) is 13.6. The number of carbonyl (C=O) groups is 1. The SMILES string of the molecule is Cc1cccc(Nc2cncc(C(=O)NC3CC3)c2)c1C. The van der Waals surface area contributed by atoms with E-state index < -0.39 is 0 Å². The van der Waals surface area contributed by atoms with Crippen molar-refractivity contribution in [1.29, 1.82) is 0 Å². The summed E-state index contributed by atoms with van der Waals surface area (Å²) in [6, 6.07) is 8.32. The summed E-state index contributed by atoms with van der Waals surface area (Å²) in [6.07, 6.45) is 5.50. The molecule has 1 aliphatic carbocycles. The summed E-state index contributed by atoms with van der Waals surface area (Å²) in [4.78, 5) is 16.2. The van der Waals surface area contributed by atoms with E-state index in [0.717, 1.165) is 24.2 Å². The molecular weight excluding hydrogens is 262 g/mol. The maximum Gasteiger partial charge on any atom is 0.253 e. The predicted octanol–water partition coefficient (Wildman–Crippen LogP) is 3.33. The summed E-state index contributed by atoms with van der Waals surface area (Å²) in [5.41, 5.74) is 4.89. The third-order valence-corrected chi connectivity index (χ3v) is 3.80. The highest BCUT2D eigenvalue weighted by atomic mass is 16.1. The number of pyridine rings is 1. The van der Waals surface area contributed by atoms with Crippen molar-refractivity contribution >= 4 is 17.3 Å². The average molecular weight is 281 g/mol. The smallest absolute Gasteiger partial charge is 0.253 e. The van der Waals surface area contributed by atoms with Crippen molar-refractivity contribution in [2.24, 2.45) is 0 Å². The summed E-state index contributed by atoms with van der Waals surface area (Å²) >= 11 is 0. The summed E-state index contributed by atoms with van der Waals surface area (Å²) < 4.78 is 0. The summed E-state index contributed by atoms with van der Waals surface area (Å²) in [7, 11) is 0. The molecule has 3 rings (SSSR count). The molecule has 2 aromatic rings. The molecule has 0 saturated heterocycles. The highest BCUT2D eigenvalue weighted by molar-refractivity contribution is 5.95. The van der Waals surface area contributed by atoms with Crippen LogP contribution in [0.15, 0.2) is 36.7 Å². The van der Waals surface area contributed by atoms with Gasteiger partial charge in [0, 0.05) is 17.9 Å². The van der Waals surface area contributed by atoms with Crippen LogP contribution < -0.4 is 10.6 Å². The number of aryl methyl sites for hydroxylation is 1. The van der Waals surface area contributed by atoms with E-state index in [1.807, 2.05) is 18.2 Å². The molecule has 4 heteroatoms. The zero-order valence-electron chi connectivity index (χ0n) is 12.3. The highest BCUT2D eigenvalue weighted by Gasteiger charge is 2.23. The second kappa shape index (κ2) is 5.56. The first-order chi connectivity index (χ1) is 10.1. The van der Waals surface area contributed by atoms with Gasteiger partial charge in [-0.05, 0) is 49.9 Å². The third kappa shape index (κ3) is 3.21. The Hall–Kier alpha value is -2.36. The quantitative estimate of drug-likeness (QED) is 0.903. The Morgan fingerprint density at radius 3 is 2.81 bits per heavy atom. The molecule has 21 heavy (non-hydrogen) atoms. The molecule has 1 aliphatic rings. The lowest BCUT2D eigenvalue weighted by Crippen LogP contribution is -2.25. The largest absolute Gasteiger partial charge is 0.354 e. The minimum Gasteiger partial charge on any atom is -0.354 e. The molecule has 0 aliphatic heterocycles. The van der Waals surface area contributed by atoms with E-state index in [-0.39, 0.29) is 5.91 Å². The molecule has 1 amide bonds. The van der Waals surface area contributed by atoms with Crippen LogP contribution in [0.2, 0.25) is 0 Å². The number of aromatic nitrogens is 1. The van der Waals surface area contributed by atoms with Crippen LogP contribution in [0.5, 0.6) is 0 Å². The summed E-state index contributed by atoms with van der Waals surface area (Å²) in [6.45, 7) is 4.16. The van der Waals surface area contributed by atoms with Crippen LogP contribution in [0.3, 0.4) is 0 Å². The Labute approximate surface area is 124 Å². The van der Waals surface area contributed by atoms with E-state index in [0.29, 0.717) is 11.6 Å². The number of benzene rings is 1. The first-order valence-corrected chi connectivity index (χ1v) is 7.22. The Kier molecular flexibility index (Phi) is 3.60. The molecule has 0 unspecified atom stereocenters. The third-order valence-electron chi connectivity index (χ3n) is 3.80. The highest BCUT2D eigenvalue weighted by Crippen LogP contribution is 2.23. The van der Waals surface area contributed by atoms with E-state index in [1.165, 1.54) is 11.1 Å². The van der Waals surface area contributed by atoms with E-state index in [1.54, 1.807) is 12.4 Å². The van der Waals surface area contributed by atoms with Crippen molar-refractivity contribution < 1.29 is 4.79 Å². The number of amides is 1. The van der Waals surface area contributed by atoms with Crippen molar-refractivity contribution in [2.45, 2.75) is 32.7 Å². The molecule has 1 saturated carbocycles. The normalized spacial score (nSPS) is 13.8. The standard InChI is InChI=1S/C17H19N3O/c1-11-4-3-5-16(12(11)2)19-15-8-13(9-18-10-15)17(21)20-14-6-7-14/h3-5,8-10,14,19H,6-7H2,1-2H3,(H,20,21). The summed E-state index contributed by atoms with van der Waals surface area (Å²) in [5.74, 6) is -0.0467. The van der Waals surface area contributed by atoms with Gasteiger partial charge in [-0.25, -0.2) is 0 Å². The van der Waals surface area contributed by atoms with Crippen LogP contribution in [0.1, 0.15) is 34.3 Å². The van der Waals surface area contributed by atoms with Gasteiger partial charge in [-0.3, -0.25) is 9.78 Å². The zero-order valence-corrected chi connectivity index (χ0v) is 12.3. The molecule has 108 valence electrons. The number of hydrogen-bond acceptors (Lipinski definition) is 3. The Bertz CT molecular complexity index is 677. The molecule has 1 aromatic heterocycles. The molecule has 0 radical (unpaired) electrons. The van der Waals surface area contributed by atoms with Gasteiger partial charge in [-0.15, -0.1) is 0 Å². The number of nitrogens with one attached hydrogen (secondary N) is 2. The number of rotatable bonds is 4. The van der Waals surface area contributed by atoms with Crippen molar-refractivity contribution in [3.8, 4) is 0 Å². The van der Waals surface area contributed by atoms with Crippen LogP contribution in [0.4, 0.5) is 11.4 Å². The van der Waals surface area contributed by atoms with Gasteiger partial charge in [0.1, 0.15) is 0 Å². The minimum atomic E-state index is -0.0467. The van der Waals surface area contributed by atoms with Gasteiger partial charge in [0.25, 0.3) is 5.91 Å². The van der Waals surface area contributed by atoms with Gasteiger partial charge < -0.3 is 10.6 Å². The van der Waals surface area contributed by atoms with Crippen LogP contribution in [-0.2, 0) is 0 Å². The zero-order chi connectivity index (χ0) is 14.8. The first-order valence-electron chi connectivity index (χ1n) is 7.22. The maximum atomic E-state index is 12.0. The van der Waals surface area contributed by atoms with Gasteiger partial charge in [0.05, 0.1) is 17.4 Å². The molecule has 0 spiro atoms. The van der Waals surface area contributed by atoms with Crippen molar-refractivity contribution in [3.05, 3.63) is 53.3 Å². The number of anilines is 2. The summed E-state index contributed by atoms with van der Waals surface area (Å²) in [5, 5.41) is 6.31. The number of nitrogens with zero attached hydrogens (tertiary/aromatic N) is 1. The maximum absolute atomic E-state index is 12.0. The fourth-order valence-corrected chi connectivity index (χ4v) is 2.17. The average Bonchev–Trinajstić information content (AvgIpc) is 3.28. The van der Waals surface area contributed by atoms with Gasteiger partial charge in [0.2, 0.25) is 0 Å². The molecule has 2 N–H and O–H groups in total. The molecule has 1 fully saturated rings. The number of carbonyl (C=O) groups excluding carboxylic acids is 1. The van der Waals surface area contributed by atoms with Crippen LogP contribution in [-0.4, -0.2) is 16.9 Å². The van der Waals surface area contributed by atoms with E-state index in [4.69, 9.17) is 0 Å². The van der Waals surface area contributed by atoms with Crippen LogP contribution in [0, 0.1) is 13.8 Å². The Balaban J connectivity index is 1.79. The Morgan fingerprint density at radius 2 is 2.05 bits per heavy atom.